The molecule has 0 bridgehead atoms. The van der Waals surface area contributed by atoms with Gasteiger partial charge in [0, 0.05) is 5.56 Å². The molecule has 2 heteroatoms. The smallest absolute Gasteiger partial charge is 0.126 e. The quantitative estimate of drug-likeness (QED) is 0.790. The summed E-state index contributed by atoms with van der Waals surface area (Å²) in [6.07, 6.45) is 1.99. The number of benzene rings is 2. The minimum Gasteiger partial charge on any atom is -0.496 e. The second kappa shape index (κ2) is 6.87. The van der Waals surface area contributed by atoms with Gasteiger partial charge >= 0.3 is 0 Å². The predicted molar refractivity (Wildman–Crippen MR) is 92.1 cm³/mol. The van der Waals surface area contributed by atoms with Crippen molar-refractivity contribution in [3.05, 3.63) is 59.2 Å². The Hall–Kier alpha value is -1.96. The van der Waals surface area contributed by atoms with Crippen LogP contribution < -0.4 is 9.47 Å². The lowest BCUT2D eigenvalue weighted by Gasteiger charge is -2.25. The summed E-state index contributed by atoms with van der Waals surface area (Å²) in [7, 11) is 3.45. The van der Waals surface area contributed by atoms with Gasteiger partial charge in [0.25, 0.3) is 0 Å². The third-order valence-corrected chi connectivity index (χ3v) is 3.86. The van der Waals surface area contributed by atoms with E-state index in [4.69, 9.17) is 9.47 Å². The molecular formula is C20H26O2. The van der Waals surface area contributed by atoms with E-state index in [1.54, 1.807) is 14.2 Å². The van der Waals surface area contributed by atoms with Gasteiger partial charge in [-0.05, 0) is 41.5 Å². The molecule has 0 fully saturated rings. The molecule has 0 aliphatic carbocycles. The highest BCUT2D eigenvalue weighted by Crippen LogP contribution is 2.40. The van der Waals surface area contributed by atoms with E-state index < -0.39 is 0 Å². The van der Waals surface area contributed by atoms with Crippen LogP contribution in [-0.4, -0.2) is 14.2 Å². The van der Waals surface area contributed by atoms with Crippen LogP contribution in [-0.2, 0) is 18.3 Å². The summed E-state index contributed by atoms with van der Waals surface area (Å²) in [5.74, 6) is 1.82. The Morgan fingerprint density at radius 2 is 1.27 bits per heavy atom. The van der Waals surface area contributed by atoms with Crippen LogP contribution in [0.25, 0.3) is 0 Å². The SMILES string of the molecule is COc1cc(CCc2ccccc2)cc(OC)c1C(C)(C)C. The van der Waals surface area contributed by atoms with Crippen LogP contribution in [0.5, 0.6) is 11.5 Å². The summed E-state index contributed by atoms with van der Waals surface area (Å²) in [5, 5.41) is 0. The lowest BCUT2D eigenvalue weighted by atomic mass is 9.84. The van der Waals surface area contributed by atoms with Gasteiger partial charge in [-0.1, -0.05) is 51.1 Å². The van der Waals surface area contributed by atoms with E-state index in [9.17, 15) is 0 Å². The summed E-state index contributed by atoms with van der Waals surface area (Å²) in [5.41, 5.74) is 3.70. The maximum absolute atomic E-state index is 5.63. The molecule has 2 rings (SSSR count). The Kier molecular flexibility index (Phi) is 5.12. The van der Waals surface area contributed by atoms with Crippen molar-refractivity contribution in [2.45, 2.75) is 39.0 Å². The summed E-state index contributed by atoms with van der Waals surface area (Å²) in [6, 6.07) is 14.8. The van der Waals surface area contributed by atoms with Crippen LogP contribution in [0.2, 0.25) is 0 Å². The molecule has 0 amide bonds. The highest BCUT2D eigenvalue weighted by atomic mass is 16.5. The minimum atomic E-state index is -0.0192. The fourth-order valence-corrected chi connectivity index (χ4v) is 2.78. The number of hydrogen-bond donors (Lipinski definition) is 0. The van der Waals surface area contributed by atoms with Crippen LogP contribution in [0, 0.1) is 0 Å². The molecule has 2 nitrogen and oxygen atoms in total. The maximum atomic E-state index is 5.63. The molecule has 118 valence electrons. The highest BCUT2D eigenvalue weighted by molar-refractivity contribution is 5.52. The van der Waals surface area contributed by atoms with Gasteiger partial charge in [0.2, 0.25) is 0 Å². The average molecular weight is 298 g/mol. The van der Waals surface area contributed by atoms with Gasteiger partial charge in [-0.15, -0.1) is 0 Å². The largest absolute Gasteiger partial charge is 0.496 e. The Morgan fingerprint density at radius 1 is 0.773 bits per heavy atom. The first-order valence-electron chi connectivity index (χ1n) is 7.75. The first kappa shape index (κ1) is 16.4. The fourth-order valence-electron chi connectivity index (χ4n) is 2.78. The van der Waals surface area contributed by atoms with Crippen molar-refractivity contribution in [3.8, 4) is 11.5 Å². The van der Waals surface area contributed by atoms with E-state index in [0.717, 1.165) is 29.9 Å². The number of hydrogen-bond acceptors (Lipinski definition) is 2. The second-order valence-electron chi connectivity index (χ2n) is 6.61. The van der Waals surface area contributed by atoms with Crippen molar-refractivity contribution in [1.29, 1.82) is 0 Å². The molecule has 0 saturated carbocycles. The Balaban J connectivity index is 2.30. The monoisotopic (exact) mass is 298 g/mol. The molecule has 0 heterocycles. The van der Waals surface area contributed by atoms with Crippen molar-refractivity contribution in [2.75, 3.05) is 14.2 Å². The van der Waals surface area contributed by atoms with Crippen molar-refractivity contribution < 1.29 is 9.47 Å². The Bertz CT molecular complexity index is 584. The predicted octanol–water partition coefficient (Wildman–Crippen LogP) is 4.79. The normalized spacial score (nSPS) is 11.3. The summed E-state index contributed by atoms with van der Waals surface area (Å²) in [6.45, 7) is 6.53. The van der Waals surface area contributed by atoms with E-state index in [1.165, 1.54) is 11.1 Å². The number of aryl methyl sites for hydroxylation is 2. The molecule has 0 atom stereocenters. The van der Waals surface area contributed by atoms with Crippen molar-refractivity contribution in [3.63, 3.8) is 0 Å². The zero-order valence-electron chi connectivity index (χ0n) is 14.3. The van der Waals surface area contributed by atoms with Gasteiger partial charge in [0.15, 0.2) is 0 Å². The molecule has 0 aliphatic heterocycles. The van der Waals surface area contributed by atoms with Crippen molar-refractivity contribution in [1.82, 2.24) is 0 Å². The van der Waals surface area contributed by atoms with Gasteiger partial charge in [0.1, 0.15) is 11.5 Å². The van der Waals surface area contributed by atoms with Crippen LogP contribution in [0.3, 0.4) is 0 Å². The molecule has 2 aromatic rings. The molecule has 0 aromatic heterocycles. The first-order valence-corrected chi connectivity index (χ1v) is 7.75. The Morgan fingerprint density at radius 3 is 1.73 bits per heavy atom. The zero-order chi connectivity index (χ0) is 16.2. The van der Waals surface area contributed by atoms with Gasteiger partial charge in [0.05, 0.1) is 14.2 Å². The van der Waals surface area contributed by atoms with Gasteiger partial charge < -0.3 is 9.47 Å². The summed E-state index contributed by atoms with van der Waals surface area (Å²) < 4.78 is 11.3. The van der Waals surface area contributed by atoms with Crippen LogP contribution in [0.1, 0.15) is 37.5 Å². The van der Waals surface area contributed by atoms with Crippen LogP contribution in [0.15, 0.2) is 42.5 Å². The fraction of sp³-hybridized carbons (Fsp3) is 0.400. The van der Waals surface area contributed by atoms with E-state index in [-0.39, 0.29) is 5.41 Å². The number of ether oxygens (including phenoxy) is 2. The third kappa shape index (κ3) is 3.82. The number of rotatable bonds is 5. The lowest BCUT2D eigenvalue weighted by Crippen LogP contribution is -2.15. The van der Waals surface area contributed by atoms with Gasteiger partial charge in [-0.25, -0.2) is 0 Å². The maximum Gasteiger partial charge on any atom is 0.126 e. The molecule has 0 N–H and O–H groups in total. The second-order valence-corrected chi connectivity index (χ2v) is 6.61. The molecule has 2 aromatic carbocycles. The average Bonchev–Trinajstić information content (AvgIpc) is 2.51. The topological polar surface area (TPSA) is 18.5 Å². The summed E-state index contributed by atoms with van der Waals surface area (Å²) >= 11 is 0. The molecule has 22 heavy (non-hydrogen) atoms. The molecule has 0 aliphatic rings. The number of methoxy groups -OCH3 is 2. The van der Waals surface area contributed by atoms with Gasteiger partial charge in [-0.3, -0.25) is 0 Å². The van der Waals surface area contributed by atoms with Crippen molar-refractivity contribution in [2.24, 2.45) is 0 Å². The van der Waals surface area contributed by atoms with E-state index in [0.29, 0.717) is 0 Å². The third-order valence-electron chi connectivity index (χ3n) is 3.86. The van der Waals surface area contributed by atoms with Crippen LogP contribution in [0.4, 0.5) is 0 Å². The van der Waals surface area contributed by atoms with Crippen molar-refractivity contribution >= 4 is 0 Å². The Labute approximate surface area is 134 Å². The van der Waals surface area contributed by atoms with E-state index in [2.05, 4.69) is 57.2 Å². The molecule has 0 radical (unpaired) electrons. The molecule has 0 unspecified atom stereocenters. The molecular weight excluding hydrogens is 272 g/mol. The van der Waals surface area contributed by atoms with Gasteiger partial charge in [-0.2, -0.15) is 0 Å². The van der Waals surface area contributed by atoms with E-state index >= 15 is 0 Å². The lowest BCUT2D eigenvalue weighted by molar-refractivity contribution is 0.366. The standard InChI is InChI=1S/C20H26O2/c1-20(2,3)19-17(21-4)13-16(14-18(19)22-5)12-11-15-9-7-6-8-10-15/h6-10,13-14H,11-12H2,1-5H3. The molecule has 0 spiro atoms. The molecule has 0 saturated heterocycles. The minimum absolute atomic E-state index is 0.0192. The van der Waals surface area contributed by atoms with E-state index in [1.807, 2.05) is 6.07 Å². The first-order chi connectivity index (χ1) is 10.5. The summed E-state index contributed by atoms with van der Waals surface area (Å²) in [4.78, 5) is 0. The van der Waals surface area contributed by atoms with Crippen LogP contribution >= 0.6 is 0 Å². The highest BCUT2D eigenvalue weighted by Gasteiger charge is 2.24. The zero-order valence-corrected chi connectivity index (χ0v) is 14.3.